The third-order valence-corrected chi connectivity index (χ3v) is 6.51. The first-order chi connectivity index (χ1) is 21.3. The molecule has 0 aliphatic rings. The summed E-state index contributed by atoms with van der Waals surface area (Å²) < 4.78 is 0. The molecule has 0 aliphatic carbocycles. The number of hydrogen-bond donors (Lipinski definition) is 4. The van der Waals surface area contributed by atoms with Gasteiger partial charge < -0.3 is 25.3 Å². The summed E-state index contributed by atoms with van der Waals surface area (Å²) in [5.74, 6) is -1.56. The van der Waals surface area contributed by atoms with Crippen LogP contribution in [0.15, 0.2) is 117 Å². The maximum absolute atomic E-state index is 11.1. The van der Waals surface area contributed by atoms with Crippen molar-refractivity contribution in [3.63, 3.8) is 0 Å². The van der Waals surface area contributed by atoms with Crippen LogP contribution in [-0.2, 0) is 13.1 Å². The highest BCUT2D eigenvalue weighted by Gasteiger charge is 2.16. The summed E-state index contributed by atoms with van der Waals surface area (Å²) in [5.41, 5.74) is 2.32. The van der Waals surface area contributed by atoms with Gasteiger partial charge in [0.25, 0.3) is 0 Å². The van der Waals surface area contributed by atoms with Crippen LogP contribution in [0.5, 0.6) is 23.0 Å². The average molecular weight is 611 g/mol. The number of pyridine rings is 2. The van der Waals surface area contributed by atoms with Crippen LogP contribution < -0.4 is 4.90 Å². The number of phenolic OH excluding ortho intramolecular Hbond substituents is 4. The molecule has 0 atom stereocenters. The quantitative estimate of drug-likeness (QED) is 0.0894. The summed E-state index contributed by atoms with van der Waals surface area (Å²) in [6.45, 7) is 0.731. The number of anilines is 1. The van der Waals surface area contributed by atoms with E-state index in [1.54, 1.807) is 30.6 Å². The van der Waals surface area contributed by atoms with Crippen molar-refractivity contribution < 1.29 is 20.4 Å². The lowest BCUT2D eigenvalue weighted by atomic mass is 10.2. The van der Waals surface area contributed by atoms with E-state index in [2.05, 4.69) is 35.6 Å². The van der Waals surface area contributed by atoms with E-state index in [1.165, 1.54) is 6.07 Å². The Balaban J connectivity index is 1.59. The van der Waals surface area contributed by atoms with Crippen LogP contribution >= 0.6 is 11.6 Å². The van der Waals surface area contributed by atoms with E-state index >= 15 is 0 Å². The van der Waals surface area contributed by atoms with Gasteiger partial charge in [0.15, 0.2) is 5.69 Å². The molecule has 0 unspecified atom stereocenters. The van der Waals surface area contributed by atoms with Crippen molar-refractivity contribution in [3.05, 3.63) is 113 Å². The van der Waals surface area contributed by atoms with Crippen LogP contribution in [0, 0.1) is 4.91 Å². The molecule has 14 heteroatoms. The zero-order valence-corrected chi connectivity index (χ0v) is 23.5. The van der Waals surface area contributed by atoms with Crippen molar-refractivity contribution in [2.75, 3.05) is 4.90 Å². The predicted molar refractivity (Wildman–Crippen MR) is 163 cm³/mol. The van der Waals surface area contributed by atoms with Crippen molar-refractivity contribution in [1.29, 1.82) is 0 Å². The summed E-state index contributed by atoms with van der Waals surface area (Å²) in [6, 6.07) is 20.5. The van der Waals surface area contributed by atoms with Crippen molar-refractivity contribution in [3.8, 4) is 23.0 Å². The van der Waals surface area contributed by atoms with E-state index < -0.39 is 11.5 Å². The Morgan fingerprint density at radius 3 is 1.80 bits per heavy atom. The number of nitroso groups, excluding NO2 is 1. The van der Waals surface area contributed by atoms with Gasteiger partial charge in [-0.3, -0.25) is 9.97 Å². The number of aromatic hydroxyl groups is 4. The number of aromatic nitrogens is 2. The van der Waals surface area contributed by atoms with Gasteiger partial charge in [-0.05, 0) is 53.7 Å². The molecule has 5 aromatic rings. The minimum absolute atomic E-state index is 0.0147. The first-order valence-electron chi connectivity index (χ1n) is 12.9. The molecule has 220 valence electrons. The van der Waals surface area contributed by atoms with Gasteiger partial charge in [0.2, 0.25) is 0 Å². The highest BCUT2D eigenvalue weighted by molar-refractivity contribution is 6.32. The third kappa shape index (κ3) is 7.09. The molecule has 44 heavy (non-hydrogen) atoms. The van der Waals surface area contributed by atoms with Crippen LogP contribution in [0.3, 0.4) is 0 Å². The van der Waals surface area contributed by atoms with Crippen LogP contribution in [0.25, 0.3) is 0 Å². The van der Waals surface area contributed by atoms with Gasteiger partial charge in [0.05, 0.1) is 40.9 Å². The summed E-state index contributed by atoms with van der Waals surface area (Å²) in [6.07, 6.45) is 3.38. The second-order valence-electron chi connectivity index (χ2n) is 9.28. The fourth-order valence-corrected chi connectivity index (χ4v) is 4.23. The molecule has 0 aliphatic heterocycles. The highest BCUT2D eigenvalue weighted by atomic mass is 35.5. The number of halogens is 1. The van der Waals surface area contributed by atoms with E-state index in [-0.39, 0.29) is 39.3 Å². The molecule has 0 saturated heterocycles. The van der Waals surface area contributed by atoms with Crippen molar-refractivity contribution in [2.24, 2.45) is 25.6 Å². The number of rotatable bonds is 10. The first-order valence-corrected chi connectivity index (χ1v) is 13.3. The Morgan fingerprint density at radius 1 is 0.614 bits per heavy atom. The molecule has 0 amide bonds. The monoisotopic (exact) mass is 610 g/mol. The zero-order chi connectivity index (χ0) is 31.1. The molecule has 2 heterocycles. The lowest BCUT2D eigenvalue weighted by Gasteiger charge is -2.25. The summed E-state index contributed by atoms with van der Waals surface area (Å²) in [7, 11) is 0. The Morgan fingerprint density at radius 2 is 1.18 bits per heavy atom. The lowest BCUT2D eigenvalue weighted by molar-refractivity contribution is 0.451. The van der Waals surface area contributed by atoms with E-state index in [4.69, 9.17) is 11.6 Å². The van der Waals surface area contributed by atoms with Gasteiger partial charge in [-0.2, -0.15) is 5.11 Å². The number of phenols is 4. The van der Waals surface area contributed by atoms with Crippen molar-refractivity contribution >= 4 is 45.7 Å². The highest BCUT2D eigenvalue weighted by Crippen LogP contribution is 2.42. The summed E-state index contributed by atoms with van der Waals surface area (Å²) in [5, 5.41) is 59.5. The van der Waals surface area contributed by atoms with E-state index in [9.17, 15) is 25.3 Å². The number of benzene rings is 3. The maximum Gasteiger partial charge on any atom is 0.152 e. The largest absolute Gasteiger partial charge is 0.506 e. The van der Waals surface area contributed by atoms with Crippen LogP contribution in [0.1, 0.15) is 11.4 Å². The molecule has 3 aromatic carbocycles. The molecule has 0 bridgehead atoms. The molecule has 0 saturated carbocycles. The predicted octanol–water partition coefficient (Wildman–Crippen LogP) is 8.39. The normalized spacial score (nSPS) is 11.3. The van der Waals surface area contributed by atoms with E-state index in [0.717, 1.165) is 29.6 Å². The Bertz CT molecular complexity index is 1820. The van der Waals surface area contributed by atoms with E-state index in [0.29, 0.717) is 24.5 Å². The number of azo groups is 2. The van der Waals surface area contributed by atoms with Crippen molar-refractivity contribution in [1.82, 2.24) is 9.97 Å². The Kier molecular flexibility index (Phi) is 8.96. The molecule has 0 fully saturated rings. The molecule has 0 spiro atoms. The summed E-state index contributed by atoms with van der Waals surface area (Å²) >= 11 is 5.96. The Labute approximate surface area is 255 Å². The van der Waals surface area contributed by atoms with Gasteiger partial charge >= 0.3 is 0 Å². The average Bonchev–Trinajstić information content (AvgIpc) is 3.02. The van der Waals surface area contributed by atoms with E-state index in [1.807, 2.05) is 41.3 Å². The fourth-order valence-electron chi connectivity index (χ4n) is 4.07. The van der Waals surface area contributed by atoms with Gasteiger partial charge in [0.1, 0.15) is 40.1 Å². The van der Waals surface area contributed by atoms with Gasteiger partial charge in [-0.25, -0.2) is 0 Å². The fraction of sp³-hybridized carbons (Fsp3) is 0.0667. The zero-order valence-electron chi connectivity index (χ0n) is 22.7. The van der Waals surface area contributed by atoms with Gasteiger partial charge in [0, 0.05) is 30.6 Å². The van der Waals surface area contributed by atoms with Crippen LogP contribution in [-0.4, -0.2) is 30.4 Å². The molecule has 4 N–H and O–H groups in total. The standard InChI is InChI=1S/C30H23ClN8O5/c31-21-12-23(28(41)14-27(21)40)36-34-18-7-8-26(22(11-18)35-37-24-13-25(38-44)30(43)15-29(24)42)39(16-19-5-1-3-9-32-19)17-20-6-2-4-10-33-20/h1-15,40-43H,16-17H2/b36-34+,37-35+. The number of nitrogens with zero attached hydrogens (tertiary/aromatic N) is 8. The Hall–Kier alpha value is -5.95. The van der Waals surface area contributed by atoms with Crippen LogP contribution in [0.2, 0.25) is 5.02 Å². The molecule has 13 nitrogen and oxygen atoms in total. The smallest absolute Gasteiger partial charge is 0.152 e. The second-order valence-corrected chi connectivity index (χ2v) is 9.69. The van der Waals surface area contributed by atoms with Gasteiger partial charge in [-0.1, -0.05) is 23.7 Å². The van der Waals surface area contributed by atoms with Crippen molar-refractivity contribution in [2.45, 2.75) is 13.1 Å². The first kappa shape index (κ1) is 29.5. The second kappa shape index (κ2) is 13.4. The molecule has 2 aromatic heterocycles. The minimum atomic E-state index is -0.506. The molecular weight excluding hydrogens is 588 g/mol. The SMILES string of the molecule is O=Nc1cc(/N=N/c2cc(/N=N/c3cc(Cl)c(O)cc3O)ccc2N(Cc2ccccn2)Cc2ccccn2)c(O)cc1O. The van der Waals surface area contributed by atoms with Gasteiger partial charge in [-0.15, -0.1) is 20.2 Å². The number of hydrogen-bond acceptors (Lipinski definition) is 13. The minimum Gasteiger partial charge on any atom is -0.506 e. The lowest BCUT2D eigenvalue weighted by Crippen LogP contribution is -2.23. The molecule has 0 radical (unpaired) electrons. The molecule has 5 rings (SSSR count). The maximum atomic E-state index is 11.1. The summed E-state index contributed by atoms with van der Waals surface area (Å²) in [4.78, 5) is 22.0. The molecular formula is C30H23ClN8O5. The topological polar surface area (TPSA) is 189 Å². The van der Waals surface area contributed by atoms with Crippen LogP contribution in [0.4, 0.5) is 34.1 Å². The third-order valence-electron chi connectivity index (χ3n) is 6.21.